The van der Waals surface area contributed by atoms with Crippen molar-refractivity contribution in [3.63, 3.8) is 0 Å². The van der Waals surface area contributed by atoms with E-state index in [1.807, 2.05) is 0 Å². The van der Waals surface area contributed by atoms with E-state index < -0.39 is 11.9 Å². The van der Waals surface area contributed by atoms with Crippen molar-refractivity contribution in [2.45, 2.75) is 6.42 Å². The van der Waals surface area contributed by atoms with Crippen molar-refractivity contribution >= 4 is 23.3 Å². The number of rotatable bonds is 2. The number of aliphatic hydroxyl groups excluding tert-OH is 1. The number of nitrogens with one attached hydrogen (secondary N) is 1. The van der Waals surface area contributed by atoms with Crippen LogP contribution in [0.15, 0.2) is 23.8 Å². The topological polar surface area (TPSA) is 84.9 Å². The van der Waals surface area contributed by atoms with Gasteiger partial charge in [-0.25, -0.2) is 4.79 Å². The number of methoxy groups -OCH3 is 2. The van der Waals surface area contributed by atoms with Gasteiger partial charge in [-0.05, 0) is 12.1 Å². The lowest BCUT2D eigenvalue weighted by atomic mass is 10.1. The van der Waals surface area contributed by atoms with Gasteiger partial charge in [-0.15, -0.1) is 0 Å². The maximum Gasteiger partial charge on any atom is 0.338 e. The molecule has 1 aromatic carbocycles. The molecule has 100 valence electrons. The number of anilines is 1. The lowest BCUT2D eigenvalue weighted by Crippen LogP contribution is -2.14. The standard InChI is InChI=1S/C13H13NO5/c1-18-7-3-4-8-10(5-7)14-11(15)6-9(12(8)16)13(17)19-2/h3-5,16H,6H2,1-2H3,(H,14,15). The molecule has 0 aliphatic carbocycles. The first-order valence-corrected chi connectivity index (χ1v) is 5.55. The van der Waals surface area contributed by atoms with Crippen molar-refractivity contribution in [1.82, 2.24) is 0 Å². The van der Waals surface area contributed by atoms with E-state index in [9.17, 15) is 14.7 Å². The van der Waals surface area contributed by atoms with E-state index in [1.54, 1.807) is 18.2 Å². The van der Waals surface area contributed by atoms with Gasteiger partial charge in [-0.2, -0.15) is 0 Å². The average Bonchev–Trinajstić information content (AvgIpc) is 2.54. The van der Waals surface area contributed by atoms with Gasteiger partial charge in [0, 0.05) is 11.6 Å². The molecular weight excluding hydrogens is 250 g/mol. The maximum atomic E-state index is 11.7. The zero-order valence-electron chi connectivity index (χ0n) is 10.5. The van der Waals surface area contributed by atoms with Crippen LogP contribution in [-0.2, 0) is 14.3 Å². The highest BCUT2D eigenvalue weighted by Crippen LogP contribution is 2.32. The highest BCUT2D eigenvalue weighted by Gasteiger charge is 2.26. The molecule has 6 nitrogen and oxygen atoms in total. The normalized spacial score (nSPS) is 14.3. The Hall–Kier alpha value is -2.50. The minimum Gasteiger partial charge on any atom is -0.507 e. The second-order valence-corrected chi connectivity index (χ2v) is 3.96. The molecule has 0 spiro atoms. The van der Waals surface area contributed by atoms with Crippen LogP contribution >= 0.6 is 0 Å². The summed E-state index contributed by atoms with van der Waals surface area (Å²) in [6.07, 6.45) is -0.241. The molecule has 0 fully saturated rings. The molecule has 6 heteroatoms. The lowest BCUT2D eigenvalue weighted by molar-refractivity contribution is -0.137. The zero-order chi connectivity index (χ0) is 14.0. The molecular formula is C13H13NO5. The third-order valence-electron chi connectivity index (χ3n) is 2.81. The molecule has 0 bridgehead atoms. The number of hydrogen-bond acceptors (Lipinski definition) is 5. The van der Waals surface area contributed by atoms with Gasteiger partial charge in [0.2, 0.25) is 5.91 Å². The smallest absolute Gasteiger partial charge is 0.338 e. The van der Waals surface area contributed by atoms with E-state index >= 15 is 0 Å². The van der Waals surface area contributed by atoms with E-state index in [2.05, 4.69) is 10.1 Å². The van der Waals surface area contributed by atoms with E-state index in [0.29, 0.717) is 17.0 Å². The SMILES string of the molecule is COC(=O)C1=C(O)c2ccc(OC)cc2NC(=O)C1. The number of esters is 1. The summed E-state index contributed by atoms with van der Waals surface area (Å²) >= 11 is 0. The first kappa shape index (κ1) is 12.9. The average molecular weight is 263 g/mol. The molecule has 0 saturated carbocycles. The van der Waals surface area contributed by atoms with Crippen LogP contribution in [0.1, 0.15) is 12.0 Å². The summed E-state index contributed by atoms with van der Waals surface area (Å²) < 4.78 is 9.61. The molecule has 0 saturated heterocycles. The fourth-order valence-corrected chi connectivity index (χ4v) is 1.85. The summed E-state index contributed by atoms with van der Waals surface area (Å²) in [5.41, 5.74) is 0.678. The van der Waals surface area contributed by atoms with Crippen molar-refractivity contribution in [2.75, 3.05) is 19.5 Å². The quantitative estimate of drug-likeness (QED) is 0.789. The fraction of sp³-hybridized carbons (Fsp3) is 0.231. The van der Waals surface area contributed by atoms with Gasteiger partial charge in [0.05, 0.1) is 31.9 Å². The first-order valence-electron chi connectivity index (χ1n) is 5.55. The maximum absolute atomic E-state index is 11.7. The minimum absolute atomic E-state index is 0.0658. The van der Waals surface area contributed by atoms with E-state index in [0.717, 1.165) is 0 Å². The molecule has 0 atom stereocenters. The number of carbonyl (C=O) groups is 2. The number of amides is 1. The number of ether oxygens (including phenoxy) is 2. The van der Waals surface area contributed by atoms with Crippen molar-refractivity contribution in [1.29, 1.82) is 0 Å². The van der Waals surface area contributed by atoms with Gasteiger partial charge in [-0.3, -0.25) is 4.79 Å². The van der Waals surface area contributed by atoms with E-state index in [4.69, 9.17) is 4.74 Å². The van der Waals surface area contributed by atoms with Crippen LogP contribution in [-0.4, -0.2) is 31.2 Å². The van der Waals surface area contributed by atoms with Crippen LogP contribution in [0.4, 0.5) is 5.69 Å². The molecule has 1 aromatic rings. The van der Waals surface area contributed by atoms with Crippen LogP contribution in [0.5, 0.6) is 5.75 Å². The van der Waals surface area contributed by atoms with Crippen LogP contribution in [0.25, 0.3) is 5.76 Å². The monoisotopic (exact) mass is 263 g/mol. The summed E-state index contributed by atoms with van der Waals surface area (Å²) in [5.74, 6) is -0.855. The van der Waals surface area contributed by atoms with Gasteiger partial charge in [-0.1, -0.05) is 0 Å². The summed E-state index contributed by atoms with van der Waals surface area (Å²) in [6.45, 7) is 0. The Labute approximate surface area is 109 Å². The summed E-state index contributed by atoms with van der Waals surface area (Å²) in [7, 11) is 2.69. The van der Waals surface area contributed by atoms with Crippen LogP contribution in [0.3, 0.4) is 0 Å². The fourth-order valence-electron chi connectivity index (χ4n) is 1.85. The second-order valence-electron chi connectivity index (χ2n) is 3.96. The Balaban J connectivity index is 2.58. The molecule has 1 amide bonds. The van der Waals surface area contributed by atoms with Crippen molar-refractivity contribution in [3.05, 3.63) is 29.3 Å². The largest absolute Gasteiger partial charge is 0.507 e. The third kappa shape index (κ3) is 2.37. The van der Waals surface area contributed by atoms with Crippen molar-refractivity contribution in [2.24, 2.45) is 0 Å². The highest BCUT2D eigenvalue weighted by molar-refractivity contribution is 6.08. The van der Waals surface area contributed by atoms with Gasteiger partial charge >= 0.3 is 5.97 Å². The molecule has 0 aromatic heterocycles. The van der Waals surface area contributed by atoms with Gasteiger partial charge in [0.1, 0.15) is 11.5 Å². The summed E-state index contributed by atoms with van der Waals surface area (Å²) in [5, 5.41) is 12.7. The molecule has 1 aliphatic heterocycles. The third-order valence-corrected chi connectivity index (χ3v) is 2.81. The Morgan fingerprint density at radius 2 is 2.11 bits per heavy atom. The van der Waals surface area contributed by atoms with E-state index in [1.165, 1.54) is 14.2 Å². The predicted molar refractivity (Wildman–Crippen MR) is 67.8 cm³/mol. The van der Waals surface area contributed by atoms with E-state index in [-0.39, 0.29) is 17.8 Å². The molecule has 1 aliphatic rings. The van der Waals surface area contributed by atoms with Crippen LogP contribution in [0, 0.1) is 0 Å². The summed E-state index contributed by atoms with van der Waals surface area (Å²) in [6, 6.07) is 4.77. The highest BCUT2D eigenvalue weighted by atomic mass is 16.5. The Kier molecular flexibility index (Phi) is 3.41. The predicted octanol–water partition coefficient (Wildman–Crippen LogP) is 1.48. The molecule has 19 heavy (non-hydrogen) atoms. The zero-order valence-corrected chi connectivity index (χ0v) is 10.5. The first-order chi connectivity index (χ1) is 9.06. The number of aliphatic hydroxyl groups is 1. The molecule has 1 heterocycles. The van der Waals surface area contributed by atoms with Gasteiger partial charge in [0.25, 0.3) is 0 Å². The molecule has 0 radical (unpaired) electrons. The Morgan fingerprint density at radius 3 is 2.74 bits per heavy atom. The number of fused-ring (bicyclic) bond motifs is 1. The lowest BCUT2D eigenvalue weighted by Gasteiger charge is -2.09. The van der Waals surface area contributed by atoms with Gasteiger partial charge in [0.15, 0.2) is 0 Å². The number of hydrogen-bond donors (Lipinski definition) is 2. The van der Waals surface area contributed by atoms with Crippen molar-refractivity contribution in [3.8, 4) is 5.75 Å². The Bertz CT molecular complexity index is 576. The molecule has 0 unspecified atom stereocenters. The molecule has 2 rings (SSSR count). The minimum atomic E-state index is -0.726. The number of benzene rings is 1. The van der Waals surface area contributed by atoms with Crippen LogP contribution in [0.2, 0.25) is 0 Å². The van der Waals surface area contributed by atoms with Gasteiger partial charge < -0.3 is 19.9 Å². The van der Waals surface area contributed by atoms with Crippen LogP contribution < -0.4 is 10.1 Å². The Morgan fingerprint density at radius 1 is 1.37 bits per heavy atom. The summed E-state index contributed by atoms with van der Waals surface area (Å²) in [4.78, 5) is 23.3. The van der Waals surface area contributed by atoms with Crippen molar-refractivity contribution < 1.29 is 24.2 Å². The number of carbonyl (C=O) groups excluding carboxylic acids is 2. The molecule has 2 N–H and O–H groups in total. The second kappa shape index (κ2) is 5.01.